The first-order valence-corrected chi connectivity index (χ1v) is 6.16. The first-order valence-electron chi connectivity index (χ1n) is 6.16. The largest absolute Gasteiger partial charge is 0.382 e. The maximum Gasteiger partial charge on any atom is 0.254 e. The molecule has 0 aromatic carbocycles. The predicted molar refractivity (Wildman–Crippen MR) is 68.9 cm³/mol. The summed E-state index contributed by atoms with van der Waals surface area (Å²) in [7, 11) is 0. The van der Waals surface area contributed by atoms with Gasteiger partial charge in [-0.3, -0.25) is 10.1 Å². The lowest BCUT2D eigenvalue weighted by atomic mass is 10.1. The molecular weight excluding hydrogens is 220 g/mol. The second-order valence-electron chi connectivity index (χ2n) is 4.04. The third kappa shape index (κ3) is 8.65. The Morgan fingerprint density at radius 3 is 2.71 bits per heavy atom. The van der Waals surface area contributed by atoms with Crippen LogP contribution in [-0.2, 0) is 0 Å². The lowest BCUT2D eigenvalue weighted by Gasteiger charge is -2.15. The highest BCUT2D eigenvalue weighted by atomic mass is 16.6. The van der Waals surface area contributed by atoms with E-state index in [1.807, 2.05) is 6.92 Å². The summed E-state index contributed by atoms with van der Waals surface area (Å²) in [6.45, 7) is 3.39. The van der Waals surface area contributed by atoms with E-state index in [1.54, 1.807) is 0 Å². The molecule has 1 atom stereocenters. The average Bonchev–Trinajstić information content (AvgIpc) is 2.29. The minimum Gasteiger partial charge on any atom is -0.382 e. The maximum atomic E-state index is 10.5. The van der Waals surface area contributed by atoms with Crippen LogP contribution < -0.4 is 16.8 Å². The molecule has 1 unspecified atom stereocenters. The number of nitrogens with two attached hydrogens (primary N) is 2. The van der Waals surface area contributed by atoms with Gasteiger partial charge in [0.05, 0.1) is 16.7 Å². The number of hydrogen-bond acceptors (Lipinski definition) is 5. The van der Waals surface area contributed by atoms with Crippen molar-refractivity contribution in [3.8, 4) is 0 Å². The molecule has 0 aliphatic heterocycles. The van der Waals surface area contributed by atoms with E-state index in [0.29, 0.717) is 18.8 Å². The monoisotopic (exact) mass is 244 g/mol. The first kappa shape index (κ1) is 15.9. The summed E-state index contributed by atoms with van der Waals surface area (Å²) in [4.78, 5) is 10.0. The van der Waals surface area contributed by atoms with Gasteiger partial charge in [0.25, 0.3) is 6.20 Å². The zero-order valence-electron chi connectivity index (χ0n) is 10.5. The number of hydrogen-bond donors (Lipinski definition) is 3. The van der Waals surface area contributed by atoms with Crippen LogP contribution in [0.4, 0.5) is 0 Å². The van der Waals surface area contributed by atoms with Crippen molar-refractivity contribution in [3.63, 3.8) is 0 Å². The van der Waals surface area contributed by atoms with E-state index in [0.717, 1.165) is 38.3 Å². The van der Waals surface area contributed by atoms with Crippen LogP contribution in [-0.4, -0.2) is 24.1 Å². The van der Waals surface area contributed by atoms with Crippen LogP contribution in [0, 0.1) is 10.1 Å². The highest BCUT2D eigenvalue weighted by Crippen LogP contribution is 2.07. The van der Waals surface area contributed by atoms with Gasteiger partial charge >= 0.3 is 0 Å². The van der Waals surface area contributed by atoms with Crippen LogP contribution in [0.25, 0.3) is 0 Å². The summed E-state index contributed by atoms with van der Waals surface area (Å²) < 4.78 is 0. The second-order valence-corrected chi connectivity index (χ2v) is 4.04. The van der Waals surface area contributed by atoms with Crippen molar-refractivity contribution in [2.75, 3.05) is 13.1 Å². The second kappa shape index (κ2) is 10.0. The molecule has 17 heavy (non-hydrogen) atoms. The Labute approximate surface area is 103 Å². The van der Waals surface area contributed by atoms with Crippen molar-refractivity contribution in [2.45, 2.75) is 45.1 Å². The third-order valence-corrected chi connectivity index (χ3v) is 2.44. The van der Waals surface area contributed by atoms with Crippen LogP contribution in [0.15, 0.2) is 11.9 Å². The molecule has 0 saturated heterocycles. The number of nitrogens with one attached hydrogen (secondary N) is 1. The Bertz CT molecular complexity index is 244. The minimum absolute atomic E-state index is 0.287. The quantitative estimate of drug-likeness (QED) is 0.301. The van der Waals surface area contributed by atoms with Gasteiger partial charge in [-0.1, -0.05) is 19.8 Å². The Balaban J connectivity index is 4.13. The van der Waals surface area contributed by atoms with E-state index in [9.17, 15) is 10.1 Å². The van der Waals surface area contributed by atoms with Crippen molar-refractivity contribution >= 4 is 0 Å². The fraction of sp³-hybridized carbons (Fsp3) is 0.818. The highest BCUT2D eigenvalue weighted by molar-refractivity contribution is 5.04. The standard InChI is InChI=1S/C11H24N4O2/c1-2-8-14-11(9-15(16)17)10(13)6-4-3-5-7-12/h9-10,14H,2-8,12-13H2,1H3. The number of nitro groups is 1. The Kier molecular flexibility index (Phi) is 9.37. The van der Waals surface area contributed by atoms with Gasteiger partial charge in [0, 0.05) is 6.54 Å². The number of rotatable bonds is 10. The Morgan fingerprint density at radius 2 is 2.18 bits per heavy atom. The minimum atomic E-state index is -0.461. The summed E-state index contributed by atoms with van der Waals surface area (Å²) in [5, 5.41) is 13.5. The molecule has 0 saturated carbocycles. The maximum absolute atomic E-state index is 10.5. The van der Waals surface area contributed by atoms with E-state index in [1.165, 1.54) is 0 Å². The van der Waals surface area contributed by atoms with Gasteiger partial charge in [0.1, 0.15) is 0 Å². The van der Waals surface area contributed by atoms with Crippen molar-refractivity contribution in [1.82, 2.24) is 5.32 Å². The van der Waals surface area contributed by atoms with Gasteiger partial charge < -0.3 is 16.8 Å². The SMILES string of the molecule is CCCNC(=C[N+](=O)[O-])C(N)CCCCCN. The van der Waals surface area contributed by atoms with Crippen LogP contribution in [0.2, 0.25) is 0 Å². The normalized spacial score (nSPS) is 13.5. The smallest absolute Gasteiger partial charge is 0.254 e. The summed E-state index contributed by atoms with van der Waals surface area (Å²) in [6.07, 6.45) is 5.57. The molecule has 0 spiro atoms. The van der Waals surface area contributed by atoms with Gasteiger partial charge in [0.15, 0.2) is 0 Å². The molecule has 0 aromatic heterocycles. The molecule has 0 bridgehead atoms. The lowest BCUT2D eigenvalue weighted by Crippen LogP contribution is -2.32. The zero-order valence-corrected chi connectivity index (χ0v) is 10.5. The topological polar surface area (TPSA) is 107 Å². The van der Waals surface area contributed by atoms with Crippen molar-refractivity contribution in [2.24, 2.45) is 11.5 Å². The van der Waals surface area contributed by atoms with Gasteiger partial charge in [-0.25, -0.2) is 0 Å². The summed E-state index contributed by atoms with van der Waals surface area (Å²) in [6, 6.07) is -0.287. The number of nitrogens with zero attached hydrogens (tertiary/aromatic N) is 1. The fourth-order valence-electron chi connectivity index (χ4n) is 1.50. The molecule has 0 heterocycles. The molecular formula is C11H24N4O2. The van der Waals surface area contributed by atoms with Gasteiger partial charge in [0.2, 0.25) is 0 Å². The average molecular weight is 244 g/mol. The summed E-state index contributed by atoms with van der Waals surface area (Å²) in [5.41, 5.74) is 11.8. The Morgan fingerprint density at radius 1 is 1.47 bits per heavy atom. The Hall–Kier alpha value is -1.14. The van der Waals surface area contributed by atoms with E-state index in [-0.39, 0.29) is 6.04 Å². The van der Waals surface area contributed by atoms with E-state index < -0.39 is 4.92 Å². The fourth-order valence-corrected chi connectivity index (χ4v) is 1.50. The van der Waals surface area contributed by atoms with E-state index >= 15 is 0 Å². The van der Waals surface area contributed by atoms with Crippen LogP contribution in [0.1, 0.15) is 39.0 Å². The summed E-state index contributed by atoms with van der Waals surface area (Å²) in [5.74, 6) is 0. The molecule has 5 N–H and O–H groups in total. The van der Waals surface area contributed by atoms with Crippen LogP contribution >= 0.6 is 0 Å². The molecule has 0 radical (unpaired) electrons. The molecule has 0 amide bonds. The van der Waals surface area contributed by atoms with Crippen molar-refractivity contribution in [1.29, 1.82) is 0 Å². The van der Waals surface area contributed by atoms with Crippen molar-refractivity contribution in [3.05, 3.63) is 22.0 Å². The van der Waals surface area contributed by atoms with Gasteiger partial charge in [-0.15, -0.1) is 0 Å². The molecule has 0 aliphatic rings. The number of unbranched alkanes of at least 4 members (excludes halogenated alkanes) is 2. The molecule has 100 valence electrons. The predicted octanol–water partition coefficient (Wildman–Crippen LogP) is 0.950. The molecule has 0 aliphatic carbocycles. The van der Waals surface area contributed by atoms with Crippen LogP contribution in [0.3, 0.4) is 0 Å². The van der Waals surface area contributed by atoms with Gasteiger partial charge in [-0.2, -0.15) is 0 Å². The molecule has 0 aromatic rings. The molecule has 6 heteroatoms. The molecule has 0 fully saturated rings. The van der Waals surface area contributed by atoms with Crippen molar-refractivity contribution < 1.29 is 4.92 Å². The third-order valence-electron chi connectivity index (χ3n) is 2.44. The lowest BCUT2D eigenvalue weighted by molar-refractivity contribution is -0.404. The molecule has 0 rings (SSSR count). The summed E-state index contributed by atoms with van der Waals surface area (Å²) >= 11 is 0. The zero-order chi connectivity index (χ0) is 13.1. The highest BCUT2D eigenvalue weighted by Gasteiger charge is 2.12. The van der Waals surface area contributed by atoms with Gasteiger partial charge in [-0.05, 0) is 25.8 Å². The van der Waals surface area contributed by atoms with E-state index in [4.69, 9.17) is 11.5 Å². The van der Waals surface area contributed by atoms with E-state index in [2.05, 4.69) is 5.32 Å². The first-order chi connectivity index (χ1) is 8.11. The van der Waals surface area contributed by atoms with Crippen LogP contribution in [0.5, 0.6) is 0 Å². The molecule has 6 nitrogen and oxygen atoms in total.